The summed E-state index contributed by atoms with van der Waals surface area (Å²) in [6, 6.07) is 7.54. The molecule has 1 aromatic carbocycles. The molecule has 0 spiro atoms. The lowest BCUT2D eigenvalue weighted by atomic mass is 10.0. The Kier molecular flexibility index (Phi) is 4.37. The zero-order valence-electron chi connectivity index (χ0n) is 12.9. The number of nitrogens with zero attached hydrogens (tertiary/aromatic N) is 3. The van der Waals surface area contributed by atoms with Crippen LogP contribution in [0.4, 0.5) is 0 Å². The van der Waals surface area contributed by atoms with Gasteiger partial charge >= 0.3 is 0 Å². The van der Waals surface area contributed by atoms with Crippen LogP contribution in [-0.2, 0) is 6.42 Å². The Morgan fingerprint density at radius 2 is 2.12 bits per heavy atom. The molecule has 8 heteroatoms. The van der Waals surface area contributed by atoms with Crippen LogP contribution in [0, 0.1) is 0 Å². The maximum Gasteiger partial charge on any atom is 0.215 e. The Hall–Kier alpha value is -3.42. The molecular formula is C16H15N5O3. The zero-order chi connectivity index (χ0) is 16.9. The van der Waals surface area contributed by atoms with Crippen LogP contribution in [0.15, 0.2) is 42.9 Å². The molecule has 2 aromatic heterocycles. The van der Waals surface area contributed by atoms with Crippen molar-refractivity contribution in [2.45, 2.75) is 6.42 Å². The van der Waals surface area contributed by atoms with E-state index in [0.717, 1.165) is 23.0 Å². The van der Waals surface area contributed by atoms with Crippen LogP contribution in [0.5, 0.6) is 5.75 Å². The lowest BCUT2D eigenvalue weighted by Crippen LogP contribution is -2.02. The first-order valence-corrected chi connectivity index (χ1v) is 7.13. The van der Waals surface area contributed by atoms with Gasteiger partial charge in [0.05, 0.1) is 13.3 Å². The summed E-state index contributed by atoms with van der Waals surface area (Å²) >= 11 is 0. The minimum Gasteiger partial charge on any atom is -0.504 e. The number of aliphatic hydroxyl groups excluding tert-OH is 1. The van der Waals surface area contributed by atoms with Crippen molar-refractivity contribution in [2.75, 3.05) is 7.11 Å². The molecule has 0 bridgehead atoms. The van der Waals surface area contributed by atoms with Gasteiger partial charge in [-0.2, -0.15) is 10.2 Å². The number of rotatable bonds is 6. The molecule has 0 aliphatic rings. The van der Waals surface area contributed by atoms with E-state index in [4.69, 9.17) is 4.74 Å². The molecule has 0 amide bonds. The fourth-order valence-corrected chi connectivity index (χ4v) is 2.21. The number of ketones is 1. The van der Waals surface area contributed by atoms with Gasteiger partial charge in [0.1, 0.15) is 17.8 Å². The molecule has 3 aromatic rings. The largest absolute Gasteiger partial charge is 0.504 e. The van der Waals surface area contributed by atoms with E-state index in [1.807, 2.05) is 24.3 Å². The summed E-state index contributed by atoms with van der Waals surface area (Å²) in [7, 11) is 1.61. The van der Waals surface area contributed by atoms with Crippen LogP contribution in [0.3, 0.4) is 0 Å². The predicted octanol–water partition coefficient (Wildman–Crippen LogP) is 1.91. The quantitative estimate of drug-likeness (QED) is 0.362. The van der Waals surface area contributed by atoms with Crippen LogP contribution in [-0.4, -0.2) is 43.4 Å². The summed E-state index contributed by atoms with van der Waals surface area (Å²) in [5.74, 6) is 0.103. The van der Waals surface area contributed by atoms with E-state index in [9.17, 15) is 9.90 Å². The highest BCUT2D eigenvalue weighted by molar-refractivity contribution is 6.07. The third kappa shape index (κ3) is 3.32. The second-order valence-electron chi connectivity index (χ2n) is 5.01. The average Bonchev–Trinajstić information content (AvgIpc) is 3.27. The summed E-state index contributed by atoms with van der Waals surface area (Å²) in [5.41, 5.74) is 2.05. The van der Waals surface area contributed by atoms with E-state index in [1.54, 1.807) is 13.3 Å². The number of hydrogen-bond acceptors (Lipinski definition) is 6. The van der Waals surface area contributed by atoms with Crippen LogP contribution >= 0.6 is 0 Å². The summed E-state index contributed by atoms with van der Waals surface area (Å²) < 4.78 is 5.12. The van der Waals surface area contributed by atoms with Crippen LogP contribution in [0.25, 0.3) is 5.76 Å². The molecular weight excluding hydrogens is 310 g/mol. The maximum atomic E-state index is 12.3. The number of aromatic nitrogens is 5. The van der Waals surface area contributed by atoms with Crippen LogP contribution < -0.4 is 4.74 Å². The molecule has 3 rings (SSSR count). The number of carbonyl (C=O) groups excluding carboxylic acids is 1. The number of ether oxygens (including phenoxy) is 1. The average molecular weight is 325 g/mol. The van der Waals surface area contributed by atoms with E-state index >= 15 is 0 Å². The number of hydrogen-bond donors (Lipinski definition) is 3. The Labute approximate surface area is 137 Å². The Morgan fingerprint density at radius 1 is 1.33 bits per heavy atom. The molecule has 122 valence electrons. The summed E-state index contributed by atoms with van der Waals surface area (Å²) in [4.78, 5) is 16.1. The lowest BCUT2D eigenvalue weighted by Gasteiger charge is -2.03. The Morgan fingerprint density at radius 3 is 2.79 bits per heavy atom. The number of benzene rings is 1. The summed E-state index contributed by atoms with van der Waals surface area (Å²) in [5, 5.41) is 22.6. The zero-order valence-corrected chi connectivity index (χ0v) is 12.9. The summed E-state index contributed by atoms with van der Waals surface area (Å²) in [6.45, 7) is 0. The molecule has 8 nitrogen and oxygen atoms in total. The number of allylic oxidation sites excluding steroid dienone is 1. The van der Waals surface area contributed by atoms with Gasteiger partial charge in [-0.05, 0) is 17.7 Å². The number of aliphatic hydroxyl groups is 1. The minimum atomic E-state index is -0.404. The predicted molar refractivity (Wildman–Crippen MR) is 85.7 cm³/mol. The van der Waals surface area contributed by atoms with Crippen molar-refractivity contribution in [1.29, 1.82) is 0 Å². The minimum absolute atomic E-state index is 0.0552. The van der Waals surface area contributed by atoms with Crippen molar-refractivity contribution in [1.82, 2.24) is 25.4 Å². The number of nitrogens with one attached hydrogen (secondary N) is 2. The van der Waals surface area contributed by atoms with E-state index in [0.29, 0.717) is 12.1 Å². The van der Waals surface area contributed by atoms with Crippen molar-refractivity contribution < 1.29 is 14.6 Å². The standard InChI is InChI=1S/C16H15N5O3/c1-24-12-4-2-10(3-5-12)6-11-8-18-20-15(11)13(22)7-14(23)16-17-9-19-21-16/h2-5,7-9,23H,6H2,1H3,(H,18,20)(H,17,19,21). The van der Waals surface area contributed by atoms with Gasteiger partial charge in [-0.25, -0.2) is 4.98 Å². The molecule has 2 heterocycles. The van der Waals surface area contributed by atoms with Crippen molar-refractivity contribution in [3.8, 4) is 5.75 Å². The molecule has 0 aliphatic heterocycles. The maximum absolute atomic E-state index is 12.3. The molecule has 0 unspecified atom stereocenters. The first-order chi connectivity index (χ1) is 11.7. The van der Waals surface area contributed by atoms with Gasteiger partial charge in [0.2, 0.25) is 11.6 Å². The van der Waals surface area contributed by atoms with Crippen molar-refractivity contribution in [2.24, 2.45) is 0 Å². The second kappa shape index (κ2) is 6.78. The van der Waals surface area contributed by atoms with E-state index in [-0.39, 0.29) is 11.6 Å². The Bertz CT molecular complexity index is 850. The van der Waals surface area contributed by atoms with Gasteiger partial charge in [0.15, 0.2) is 5.76 Å². The molecule has 0 radical (unpaired) electrons. The first kappa shape index (κ1) is 15.5. The van der Waals surface area contributed by atoms with Crippen molar-refractivity contribution in [3.05, 3.63) is 65.5 Å². The van der Waals surface area contributed by atoms with Gasteiger partial charge in [0, 0.05) is 18.1 Å². The number of methoxy groups -OCH3 is 1. The van der Waals surface area contributed by atoms with Crippen molar-refractivity contribution in [3.63, 3.8) is 0 Å². The van der Waals surface area contributed by atoms with Gasteiger partial charge in [-0.15, -0.1) is 0 Å². The summed E-state index contributed by atoms with van der Waals surface area (Å²) in [6.07, 6.45) is 4.50. The van der Waals surface area contributed by atoms with Gasteiger partial charge in [-0.1, -0.05) is 12.1 Å². The highest BCUT2D eigenvalue weighted by Gasteiger charge is 2.15. The third-order valence-electron chi connectivity index (χ3n) is 3.43. The van der Waals surface area contributed by atoms with E-state index in [1.165, 1.54) is 6.33 Å². The SMILES string of the molecule is COc1ccc(Cc2cn[nH]c2C(=O)C=C(O)c2nc[nH]n2)cc1. The molecule has 0 fully saturated rings. The molecule has 0 saturated carbocycles. The second-order valence-corrected chi connectivity index (χ2v) is 5.01. The van der Waals surface area contributed by atoms with Crippen LogP contribution in [0.1, 0.15) is 27.4 Å². The van der Waals surface area contributed by atoms with E-state index < -0.39 is 5.78 Å². The fourth-order valence-electron chi connectivity index (χ4n) is 2.21. The first-order valence-electron chi connectivity index (χ1n) is 7.13. The normalized spacial score (nSPS) is 11.5. The van der Waals surface area contributed by atoms with Crippen molar-refractivity contribution >= 4 is 11.5 Å². The smallest absolute Gasteiger partial charge is 0.215 e. The number of H-pyrrole nitrogens is 2. The lowest BCUT2D eigenvalue weighted by molar-refractivity contribution is 0.104. The molecule has 0 aliphatic carbocycles. The number of aromatic amines is 2. The highest BCUT2D eigenvalue weighted by Crippen LogP contribution is 2.17. The Balaban J connectivity index is 1.79. The van der Waals surface area contributed by atoms with Gasteiger partial charge in [-0.3, -0.25) is 15.0 Å². The molecule has 0 saturated heterocycles. The number of carbonyl (C=O) groups is 1. The fraction of sp³-hybridized carbons (Fsp3) is 0.125. The molecule has 24 heavy (non-hydrogen) atoms. The molecule has 3 N–H and O–H groups in total. The van der Waals surface area contributed by atoms with Gasteiger partial charge < -0.3 is 9.84 Å². The van der Waals surface area contributed by atoms with E-state index in [2.05, 4.69) is 25.4 Å². The highest BCUT2D eigenvalue weighted by atomic mass is 16.5. The van der Waals surface area contributed by atoms with Gasteiger partial charge in [0.25, 0.3) is 0 Å². The monoisotopic (exact) mass is 325 g/mol. The molecule has 0 atom stereocenters. The third-order valence-corrected chi connectivity index (χ3v) is 3.43. The van der Waals surface area contributed by atoms with Crippen LogP contribution in [0.2, 0.25) is 0 Å². The topological polar surface area (TPSA) is 117 Å².